The van der Waals surface area contributed by atoms with Gasteiger partial charge in [-0.3, -0.25) is 0 Å². The third-order valence-corrected chi connectivity index (χ3v) is 5.66. The lowest BCUT2D eigenvalue weighted by atomic mass is 9.88. The lowest BCUT2D eigenvalue weighted by molar-refractivity contribution is 0.0851. The Morgan fingerprint density at radius 3 is 2.70 bits per heavy atom. The van der Waals surface area contributed by atoms with Gasteiger partial charge in [0.15, 0.2) is 0 Å². The quantitative estimate of drug-likeness (QED) is 0.728. The number of aliphatic hydroxyl groups is 1. The molecule has 0 saturated carbocycles. The molecular formula is C21H27N5O. The lowest BCUT2D eigenvalue weighted by Gasteiger charge is -2.35. The molecule has 1 atom stereocenters. The molecule has 1 aliphatic rings. The van der Waals surface area contributed by atoms with Gasteiger partial charge in [0.25, 0.3) is 0 Å². The van der Waals surface area contributed by atoms with E-state index in [9.17, 15) is 5.11 Å². The number of hydrogen-bond donors (Lipinski definition) is 1. The summed E-state index contributed by atoms with van der Waals surface area (Å²) in [5, 5.41) is 23.4. The van der Waals surface area contributed by atoms with Gasteiger partial charge in [0.1, 0.15) is 6.33 Å². The van der Waals surface area contributed by atoms with Crippen molar-refractivity contribution in [2.45, 2.75) is 45.1 Å². The van der Waals surface area contributed by atoms with E-state index < -0.39 is 0 Å². The molecule has 3 aromatic rings. The van der Waals surface area contributed by atoms with Crippen LogP contribution in [0.15, 0.2) is 42.7 Å². The number of aryl methyl sites for hydroxylation is 2. The Morgan fingerprint density at radius 1 is 1.19 bits per heavy atom. The van der Waals surface area contributed by atoms with Crippen LogP contribution in [0.1, 0.15) is 37.4 Å². The van der Waals surface area contributed by atoms with Crippen LogP contribution in [0.4, 0.5) is 5.69 Å². The summed E-state index contributed by atoms with van der Waals surface area (Å²) in [5.74, 6) is 0.367. The van der Waals surface area contributed by atoms with Crippen LogP contribution >= 0.6 is 0 Å². The Hall–Kier alpha value is -2.47. The number of aliphatic hydroxyl groups excluding tert-OH is 1. The van der Waals surface area contributed by atoms with Gasteiger partial charge >= 0.3 is 0 Å². The minimum Gasteiger partial charge on any atom is -0.393 e. The van der Waals surface area contributed by atoms with Crippen LogP contribution in [0.25, 0.3) is 5.65 Å². The number of benzene rings is 1. The predicted octanol–water partition coefficient (Wildman–Crippen LogP) is 2.90. The van der Waals surface area contributed by atoms with Crippen LogP contribution < -0.4 is 4.90 Å². The first-order valence-electron chi connectivity index (χ1n) is 9.91. The van der Waals surface area contributed by atoms with Crippen LogP contribution in [0.5, 0.6) is 0 Å². The zero-order chi connectivity index (χ0) is 18.6. The summed E-state index contributed by atoms with van der Waals surface area (Å²) < 4.78 is 1.77. The van der Waals surface area contributed by atoms with Crippen molar-refractivity contribution < 1.29 is 5.11 Å². The first-order chi connectivity index (χ1) is 13.2. The molecule has 1 unspecified atom stereocenters. The maximum Gasteiger partial charge on any atom is 0.200 e. The number of hydrogen-bond acceptors (Lipinski definition) is 5. The minimum atomic E-state index is -0.232. The molecule has 0 aliphatic carbocycles. The van der Waals surface area contributed by atoms with Crippen molar-refractivity contribution in [3.05, 3.63) is 54.0 Å². The van der Waals surface area contributed by atoms with E-state index in [1.54, 1.807) is 10.8 Å². The third kappa shape index (κ3) is 3.95. The highest BCUT2D eigenvalue weighted by atomic mass is 16.3. The molecule has 1 saturated heterocycles. The Morgan fingerprint density at radius 2 is 1.96 bits per heavy atom. The highest BCUT2D eigenvalue weighted by Gasteiger charge is 2.26. The van der Waals surface area contributed by atoms with E-state index in [2.05, 4.69) is 57.5 Å². The first-order valence-corrected chi connectivity index (χ1v) is 9.91. The molecule has 0 amide bonds. The first kappa shape index (κ1) is 17.9. The Kier molecular flexibility index (Phi) is 5.34. The summed E-state index contributed by atoms with van der Waals surface area (Å²) in [6.07, 6.45) is 6.09. The highest BCUT2D eigenvalue weighted by Crippen LogP contribution is 2.29. The van der Waals surface area contributed by atoms with Crippen molar-refractivity contribution in [2.75, 3.05) is 18.0 Å². The molecule has 0 spiro atoms. The van der Waals surface area contributed by atoms with Gasteiger partial charge in [-0.2, -0.15) is 9.61 Å². The van der Waals surface area contributed by atoms with Crippen LogP contribution in [0, 0.1) is 5.92 Å². The van der Waals surface area contributed by atoms with Gasteiger partial charge in [-0.15, -0.1) is 10.2 Å². The fourth-order valence-corrected chi connectivity index (χ4v) is 3.99. The topological polar surface area (TPSA) is 66.5 Å². The van der Waals surface area contributed by atoms with E-state index in [1.807, 2.05) is 6.07 Å². The maximum atomic E-state index is 10.7. The van der Waals surface area contributed by atoms with Crippen LogP contribution in [0.3, 0.4) is 0 Å². The molecule has 1 aromatic carbocycles. The molecule has 6 heteroatoms. The second kappa shape index (κ2) is 8.05. The van der Waals surface area contributed by atoms with E-state index in [-0.39, 0.29) is 6.10 Å². The number of piperidine rings is 1. The van der Waals surface area contributed by atoms with E-state index >= 15 is 0 Å². The van der Waals surface area contributed by atoms with Crippen molar-refractivity contribution >= 4 is 11.3 Å². The molecule has 27 heavy (non-hydrogen) atoms. The summed E-state index contributed by atoms with van der Waals surface area (Å²) in [6, 6.07) is 12.6. The smallest absolute Gasteiger partial charge is 0.200 e. The van der Waals surface area contributed by atoms with Crippen molar-refractivity contribution in [1.29, 1.82) is 0 Å². The molecule has 6 nitrogen and oxygen atoms in total. The second-order valence-corrected chi connectivity index (χ2v) is 7.39. The van der Waals surface area contributed by atoms with E-state index in [4.69, 9.17) is 0 Å². The number of aromatic nitrogens is 4. The number of nitrogens with zero attached hydrogens (tertiary/aromatic N) is 5. The molecule has 0 bridgehead atoms. The number of rotatable bonds is 6. The largest absolute Gasteiger partial charge is 0.393 e. The molecule has 3 heterocycles. The normalized spacial score (nSPS) is 16.7. The van der Waals surface area contributed by atoms with Gasteiger partial charge in [-0.05, 0) is 49.7 Å². The van der Waals surface area contributed by atoms with E-state index in [0.29, 0.717) is 5.92 Å². The Labute approximate surface area is 159 Å². The van der Waals surface area contributed by atoms with E-state index in [1.165, 1.54) is 5.56 Å². The molecule has 2 aromatic heterocycles. The minimum absolute atomic E-state index is 0.232. The highest BCUT2D eigenvalue weighted by molar-refractivity contribution is 5.68. The summed E-state index contributed by atoms with van der Waals surface area (Å²) in [6.45, 7) is 3.98. The predicted molar refractivity (Wildman–Crippen MR) is 106 cm³/mol. The standard InChI is InChI=1S/C21H27N5O/c1-2-18-14-19(21-23-22-15-26(21)24-18)25-12-10-17(11-13-25)20(27)9-8-16-6-4-3-5-7-16/h3-7,14-15,17,20,27H,2,8-13H2,1H3. The van der Waals surface area contributed by atoms with Crippen LogP contribution in [-0.2, 0) is 12.8 Å². The van der Waals surface area contributed by atoms with E-state index in [0.717, 1.165) is 62.2 Å². The third-order valence-electron chi connectivity index (χ3n) is 5.66. The fourth-order valence-electron chi connectivity index (χ4n) is 3.99. The Bertz CT molecular complexity index is 871. The average Bonchev–Trinajstić information content (AvgIpc) is 3.21. The second-order valence-electron chi connectivity index (χ2n) is 7.39. The summed E-state index contributed by atoms with van der Waals surface area (Å²) >= 11 is 0. The van der Waals surface area contributed by atoms with Crippen LogP contribution in [-0.4, -0.2) is 44.1 Å². The molecule has 142 valence electrons. The molecule has 4 rings (SSSR count). The summed E-state index contributed by atoms with van der Waals surface area (Å²) in [7, 11) is 0. The fraction of sp³-hybridized carbons (Fsp3) is 0.476. The molecule has 1 N–H and O–H groups in total. The summed E-state index contributed by atoms with van der Waals surface area (Å²) in [5.41, 5.74) is 4.27. The van der Waals surface area contributed by atoms with Gasteiger partial charge in [-0.25, -0.2) is 0 Å². The SMILES string of the molecule is CCc1cc(N2CCC(C(O)CCc3ccccc3)CC2)c2nncn2n1. The number of fused-ring (bicyclic) bond motifs is 1. The van der Waals surface area contributed by atoms with Gasteiger partial charge in [0.05, 0.1) is 17.5 Å². The Balaban J connectivity index is 1.38. The van der Waals surface area contributed by atoms with Crippen molar-refractivity contribution in [3.63, 3.8) is 0 Å². The van der Waals surface area contributed by atoms with Gasteiger partial charge in [-0.1, -0.05) is 37.3 Å². The molecule has 1 aliphatic heterocycles. The average molecular weight is 365 g/mol. The van der Waals surface area contributed by atoms with Crippen LogP contribution in [0.2, 0.25) is 0 Å². The maximum absolute atomic E-state index is 10.7. The van der Waals surface area contributed by atoms with Gasteiger partial charge in [0, 0.05) is 13.1 Å². The monoisotopic (exact) mass is 365 g/mol. The van der Waals surface area contributed by atoms with Crippen molar-refractivity contribution in [3.8, 4) is 0 Å². The molecular weight excluding hydrogens is 338 g/mol. The van der Waals surface area contributed by atoms with Crippen molar-refractivity contribution in [2.24, 2.45) is 5.92 Å². The molecule has 1 fully saturated rings. The molecule has 0 radical (unpaired) electrons. The zero-order valence-electron chi connectivity index (χ0n) is 15.8. The van der Waals surface area contributed by atoms with Crippen molar-refractivity contribution in [1.82, 2.24) is 19.8 Å². The number of anilines is 1. The lowest BCUT2D eigenvalue weighted by Crippen LogP contribution is -2.38. The van der Waals surface area contributed by atoms with Gasteiger partial charge in [0.2, 0.25) is 5.65 Å². The zero-order valence-corrected chi connectivity index (χ0v) is 15.8. The summed E-state index contributed by atoms with van der Waals surface area (Å²) in [4.78, 5) is 2.37. The van der Waals surface area contributed by atoms with Gasteiger partial charge < -0.3 is 10.0 Å².